The summed E-state index contributed by atoms with van der Waals surface area (Å²) in [6.07, 6.45) is 4.73. The van der Waals surface area contributed by atoms with Gasteiger partial charge in [-0.3, -0.25) is 0 Å². The Labute approximate surface area is 85.7 Å². The molecule has 0 aromatic heterocycles. The van der Waals surface area contributed by atoms with E-state index in [-0.39, 0.29) is 12.4 Å². The van der Waals surface area contributed by atoms with Gasteiger partial charge in [0, 0.05) is 19.6 Å². The van der Waals surface area contributed by atoms with Crippen molar-refractivity contribution < 1.29 is 14.2 Å². The van der Waals surface area contributed by atoms with Crippen molar-refractivity contribution in [2.24, 2.45) is 5.92 Å². The van der Waals surface area contributed by atoms with Gasteiger partial charge in [0.15, 0.2) is 6.29 Å². The van der Waals surface area contributed by atoms with Crippen molar-refractivity contribution in [3.05, 3.63) is 0 Å². The molecule has 3 atom stereocenters. The Morgan fingerprint density at radius 3 is 2.86 bits per heavy atom. The molecule has 2 rings (SSSR count). The molecule has 82 valence electrons. The Kier molecular flexibility index (Phi) is 3.79. The van der Waals surface area contributed by atoms with Gasteiger partial charge in [-0.1, -0.05) is 6.92 Å². The molecule has 0 N–H and O–H groups in total. The summed E-state index contributed by atoms with van der Waals surface area (Å²) in [5.41, 5.74) is 0. The molecule has 0 aromatic carbocycles. The maximum absolute atomic E-state index is 5.86. The highest BCUT2D eigenvalue weighted by molar-refractivity contribution is 4.67. The second-order valence-electron chi connectivity index (χ2n) is 4.41. The van der Waals surface area contributed by atoms with Gasteiger partial charge < -0.3 is 14.2 Å². The quantitative estimate of drug-likeness (QED) is 0.682. The Hall–Kier alpha value is -0.120. The van der Waals surface area contributed by atoms with Gasteiger partial charge in [0.1, 0.15) is 0 Å². The van der Waals surface area contributed by atoms with Gasteiger partial charge in [-0.25, -0.2) is 0 Å². The van der Waals surface area contributed by atoms with Crippen LogP contribution in [-0.4, -0.2) is 32.2 Å². The molecule has 0 amide bonds. The number of rotatable bonds is 2. The van der Waals surface area contributed by atoms with Gasteiger partial charge in [-0.15, -0.1) is 0 Å². The molecular formula is C11H20O3. The summed E-state index contributed by atoms with van der Waals surface area (Å²) >= 11 is 0. The highest BCUT2D eigenvalue weighted by atomic mass is 16.7. The van der Waals surface area contributed by atoms with E-state index in [1.165, 1.54) is 6.42 Å². The fourth-order valence-corrected chi connectivity index (χ4v) is 2.04. The van der Waals surface area contributed by atoms with Crippen LogP contribution in [0.25, 0.3) is 0 Å². The SMILES string of the molecule is C[C@H]1CCO[C@@H](O[C@@H]2CCCOC2)C1. The first-order valence-corrected chi connectivity index (χ1v) is 5.69. The second kappa shape index (κ2) is 5.10. The van der Waals surface area contributed by atoms with Crippen molar-refractivity contribution in [1.82, 2.24) is 0 Å². The number of ether oxygens (including phenoxy) is 3. The summed E-state index contributed by atoms with van der Waals surface area (Å²) in [5.74, 6) is 0.734. The van der Waals surface area contributed by atoms with E-state index in [9.17, 15) is 0 Å². The van der Waals surface area contributed by atoms with Gasteiger partial charge in [0.2, 0.25) is 0 Å². The fraction of sp³-hybridized carbons (Fsp3) is 1.00. The molecule has 0 bridgehead atoms. The second-order valence-corrected chi connectivity index (χ2v) is 4.41. The molecule has 2 aliphatic heterocycles. The summed E-state index contributed by atoms with van der Waals surface area (Å²) in [5, 5.41) is 0. The first-order valence-electron chi connectivity index (χ1n) is 5.69. The highest BCUT2D eigenvalue weighted by Crippen LogP contribution is 2.23. The standard InChI is InChI=1S/C11H20O3/c1-9-4-6-13-11(7-9)14-10-3-2-5-12-8-10/h9-11H,2-8H2,1H3/t9-,10+,11-/m0/s1. The monoisotopic (exact) mass is 200 g/mol. The zero-order valence-corrected chi connectivity index (χ0v) is 8.91. The van der Waals surface area contributed by atoms with Crippen molar-refractivity contribution >= 4 is 0 Å². The lowest BCUT2D eigenvalue weighted by molar-refractivity contribution is -0.213. The molecule has 2 aliphatic rings. The van der Waals surface area contributed by atoms with E-state index in [2.05, 4.69) is 6.92 Å². The van der Waals surface area contributed by atoms with E-state index < -0.39 is 0 Å². The highest BCUT2D eigenvalue weighted by Gasteiger charge is 2.24. The van der Waals surface area contributed by atoms with Crippen LogP contribution in [0.5, 0.6) is 0 Å². The van der Waals surface area contributed by atoms with E-state index in [4.69, 9.17) is 14.2 Å². The van der Waals surface area contributed by atoms with E-state index in [1.54, 1.807) is 0 Å². The van der Waals surface area contributed by atoms with Gasteiger partial charge >= 0.3 is 0 Å². The van der Waals surface area contributed by atoms with Gasteiger partial charge in [0.25, 0.3) is 0 Å². The van der Waals surface area contributed by atoms with E-state index in [1.807, 2.05) is 0 Å². The van der Waals surface area contributed by atoms with Crippen molar-refractivity contribution in [1.29, 1.82) is 0 Å². The van der Waals surface area contributed by atoms with E-state index in [0.29, 0.717) is 0 Å². The maximum atomic E-state index is 5.86. The third kappa shape index (κ3) is 2.94. The average molecular weight is 200 g/mol. The molecule has 0 saturated carbocycles. The van der Waals surface area contributed by atoms with Crippen LogP contribution in [0.2, 0.25) is 0 Å². The molecule has 2 heterocycles. The molecule has 0 aliphatic carbocycles. The molecule has 2 saturated heterocycles. The molecular weight excluding hydrogens is 180 g/mol. The van der Waals surface area contributed by atoms with E-state index >= 15 is 0 Å². The van der Waals surface area contributed by atoms with Crippen LogP contribution in [0.15, 0.2) is 0 Å². The molecule has 0 unspecified atom stereocenters. The zero-order valence-electron chi connectivity index (χ0n) is 8.91. The first kappa shape index (κ1) is 10.4. The van der Waals surface area contributed by atoms with Gasteiger partial charge in [0.05, 0.1) is 12.7 Å². The third-order valence-electron chi connectivity index (χ3n) is 2.97. The summed E-state index contributed by atoms with van der Waals surface area (Å²) in [6.45, 7) is 4.74. The minimum absolute atomic E-state index is 0.0189. The molecule has 0 radical (unpaired) electrons. The maximum Gasteiger partial charge on any atom is 0.158 e. The van der Waals surface area contributed by atoms with Crippen LogP contribution in [0, 0.1) is 5.92 Å². The minimum atomic E-state index is 0.0189. The number of hydrogen-bond donors (Lipinski definition) is 0. The van der Waals surface area contributed by atoms with Gasteiger partial charge in [-0.05, 0) is 25.2 Å². The summed E-state index contributed by atoms with van der Waals surface area (Å²) < 4.78 is 16.8. The summed E-state index contributed by atoms with van der Waals surface area (Å²) in [7, 11) is 0. The van der Waals surface area contributed by atoms with Crippen LogP contribution in [-0.2, 0) is 14.2 Å². The molecule has 0 spiro atoms. The molecule has 3 heteroatoms. The summed E-state index contributed by atoms with van der Waals surface area (Å²) in [4.78, 5) is 0. The van der Waals surface area contributed by atoms with Crippen LogP contribution in [0.4, 0.5) is 0 Å². The predicted molar refractivity (Wildman–Crippen MR) is 53.1 cm³/mol. The van der Waals surface area contributed by atoms with E-state index in [0.717, 1.165) is 45.0 Å². The topological polar surface area (TPSA) is 27.7 Å². The lowest BCUT2D eigenvalue weighted by Gasteiger charge is -2.32. The van der Waals surface area contributed by atoms with Crippen LogP contribution in [0.3, 0.4) is 0 Å². The van der Waals surface area contributed by atoms with Crippen molar-refractivity contribution in [2.45, 2.75) is 45.0 Å². The normalized spacial score (nSPS) is 39.6. The predicted octanol–water partition coefficient (Wildman–Crippen LogP) is 1.95. The largest absolute Gasteiger partial charge is 0.379 e. The van der Waals surface area contributed by atoms with Crippen molar-refractivity contribution in [3.8, 4) is 0 Å². The van der Waals surface area contributed by atoms with Crippen LogP contribution in [0.1, 0.15) is 32.6 Å². The van der Waals surface area contributed by atoms with Crippen LogP contribution >= 0.6 is 0 Å². The molecule has 14 heavy (non-hydrogen) atoms. The Morgan fingerprint density at radius 2 is 2.14 bits per heavy atom. The van der Waals surface area contributed by atoms with Crippen molar-refractivity contribution in [3.63, 3.8) is 0 Å². The molecule has 0 aromatic rings. The van der Waals surface area contributed by atoms with Gasteiger partial charge in [-0.2, -0.15) is 0 Å². The Balaban J connectivity index is 1.72. The smallest absolute Gasteiger partial charge is 0.158 e. The molecule has 2 fully saturated rings. The fourth-order valence-electron chi connectivity index (χ4n) is 2.04. The lowest BCUT2D eigenvalue weighted by Crippen LogP contribution is -2.34. The lowest BCUT2D eigenvalue weighted by atomic mass is 10.0. The zero-order chi connectivity index (χ0) is 9.80. The average Bonchev–Trinajstić information content (AvgIpc) is 2.19. The number of hydrogen-bond acceptors (Lipinski definition) is 3. The Morgan fingerprint density at radius 1 is 1.21 bits per heavy atom. The summed E-state index contributed by atoms with van der Waals surface area (Å²) in [6, 6.07) is 0. The Bertz CT molecular complexity index is 166. The first-order chi connectivity index (χ1) is 6.84. The van der Waals surface area contributed by atoms with Crippen molar-refractivity contribution in [2.75, 3.05) is 19.8 Å². The van der Waals surface area contributed by atoms with Crippen LogP contribution < -0.4 is 0 Å². The minimum Gasteiger partial charge on any atom is -0.379 e. The third-order valence-corrected chi connectivity index (χ3v) is 2.97. The molecule has 3 nitrogen and oxygen atoms in total.